The molecule has 1 aromatic heterocycles. The Labute approximate surface area is 241 Å². The zero-order valence-corrected chi connectivity index (χ0v) is 22.7. The predicted octanol–water partition coefficient (Wildman–Crippen LogP) is 6.76. The Balaban J connectivity index is 1.47. The Morgan fingerprint density at radius 3 is 2.49 bits per heavy atom. The molecule has 0 saturated heterocycles. The maximum atomic E-state index is 13.1. The van der Waals surface area contributed by atoms with E-state index in [1.807, 2.05) is 6.07 Å². The second kappa shape index (κ2) is 12.9. The first-order valence-corrected chi connectivity index (χ1v) is 13.6. The van der Waals surface area contributed by atoms with Gasteiger partial charge in [0.15, 0.2) is 5.82 Å². The zero-order valence-electron chi connectivity index (χ0n) is 21.1. The second-order valence-corrected chi connectivity index (χ2v) is 10.2. The van der Waals surface area contributed by atoms with E-state index in [-0.39, 0.29) is 34.2 Å². The van der Waals surface area contributed by atoms with Crippen molar-refractivity contribution in [2.75, 3.05) is 16.4 Å². The molecule has 41 heavy (non-hydrogen) atoms. The lowest BCUT2D eigenvalue weighted by Gasteiger charge is -2.12. The average Bonchev–Trinajstić information content (AvgIpc) is 3.40. The minimum atomic E-state index is -4.52. The number of amides is 2. The van der Waals surface area contributed by atoms with Crippen LogP contribution in [0.4, 0.5) is 24.7 Å². The van der Waals surface area contributed by atoms with Crippen LogP contribution in [0.2, 0.25) is 5.02 Å². The number of aliphatic carboxylic acids is 1. The number of carbonyl (C=O) groups excluding carboxylic acids is 2. The van der Waals surface area contributed by atoms with Crippen molar-refractivity contribution in [3.63, 3.8) is 0 Å². The van der Waals surface area contributed by atoms with E-state index >= 15 is 0 Å². The van der Waals surface area contributed by atoms with E-state index in [4.69, 9.17) is 16.7 Å². The molecule has 3 N–H and O–H groups in total. The van der Waals surface area contributed by atoms with Crippen molar-refractivity contribution in [2.45, 2.75) is 18.3 Å². The van der Waals surface area contributed by atoms with Crippen LogP contribution in [-0.2, 0) is 16.7 Å². The van der Waals surface area contributed by atoms with Gasteiger partial charge in [-0.2, -0.15) is 30.0 Å². The summed E-state index contributed by atoms with van der Waals surface area (Å²) in [4.78, 5) is 36.8. The summed E-state index contributed by atoms with van der Waals surface area (Å²) in [7, 11) is 0. The van der Waals surface area contributed by atoms with E-state index in [0.717, 1.165) is 17.7 Å². The maximum absolute atomic E-state index is 13.1. The fourth-order valence-corrected chi connectivity index (χ4v) is 4.75. The van der Waals surface area contributed by atoms with Gasteiger partial charge in [0.1, 0.15) is 0 Å². The van der Waals surface area contributed by atoms with Crippen LogP contribution in [0.15, 0.2) is 79.0 Å². The number of hydrogen-bond acceptors (Lipinski definition) is 5. The zero-order chi connectivity index (χ0) is 29.6. The number of benzene rings is 3. The summed E-state index contributed by atoms with van der Waals surface area (Å²) in [6, 6.07) is 17.2. The molecule has 4 rings (SSSR count). The van der Waals surface area contributed by atoms with Crippen molar-refractivity contribution < 1.29 is 32.7 Å². The van der Waals surface area contributed by atoms with Gasteiger partial charge >= 0.3 is 12.1 Å². The summed E-state index contributed by atoms with van der Waals surface area (Å²) in [6.45, 7) is 0. The average molecular weight is 603 g/mol. The molecule has 8 nitrogen and oxygen atoms in total. The molecule has 4 aromatic rings. The Morgan fingerprint density at radius 2 is 1.73 bits per heavy atom. The van der Waals surface area contributed by atoms with Crippen LogP contribution < -0.4 is 10.6 Å². The minimum absolute atomic E-state index is 0.0394. The molecule has 1 heterocycles. The van der Waals surface area contributed by atoms with Gasteiger partial charge in [0.25, 0.3) is 11.8 Å². The Kier molecular flexibility index (Phi) is 9.35. The van der Waals surface area contributed by atoms with Crippen LogP contribution >= 0.6 is 23.4 Å². The molecule has 0 radical (unpaired) electrons. The summed E-state index contributed by atoms with van der Waals surface area (Å²) in [5.74, 6) is -0.980. The SMILES string of the molecule is O=C(O)CCSCc1cccc(C(=O)Nc2ccc(Cl)cc2C(=O)Nc2ccn(-c3cccc(C(F)(F)F)c3)n2)c1. The van der Waals surface area contributed by atoms with Gasteiger partial charge in [-0.05, 0) is 54.1 Å². The first kappa shape index (κ1) is 29.7. The largest absolute Gasteiger partial charge is 0.481 e. The van der Waals surface area contributed by atoms with Crippen LogP contribution in [0.5, 0.6) is 0 Å². The van der Waals surface area contributed by atoms with E-state index in [0.29, 0.717) is 17.1 Å². The van der Waals surface area contributed by atoms with Gasteiger partial charge in [0.2, 0.25) is 0 Å². The highest BCUT2D eigenvalue weighted by atomic mass is 35.5. The minimum Gasteiger partial charge on any atom is -0.481 e. The molecule has 0 fully saturated rings. The highest BCUT2D eigenvalue weighted by Gasteiger charge is 2.30. The molecule has 2 amide bonds. The molecular formula is C28H22ClF3N4O4S. The van der Waals surface area contributed by atoms with Gasteiger partial charge in [-0.3, -0.25) is 14.4 Å². The molecule has 212 valence electrons. The number of carboxylic acids is 1. The fourth-order valence-electron chi connectivity index (χ4n) is 3.70. The van der Waals surface area contributed by atoms with Gasteiger partial charge in [0, 0.05) is 34.4 Å². The van der Waals surface area contributed by atoms with E-state index < -0.39 is 29.5 Å². The first-order chi connectivity index (χ1) is 19.5. The van der Waals surface area contributed by atoms with Crippen LogP contribution in [0.25, 0.3) is 5.69 Å². The van der Waals surface area contributed by atoms with Crippen molar-refractivity contribution in [1.82, 2.24) is 9.78 Å². The number of anilines is 2. The maximum Gasteiger partial charge on any atom is 0.416 e. The molecule has 0 atom stereocenters. The molecular weight excluding hydrogens is 581 g/mol. The van der Waals surface area contributed by atoms with Gasteiger partial charge in [-0.15, -0.1) is 0 Å². The van der Waals surface area contributed by atoms with Crippen LogP contribution in [0.3, 0.4) is 0 Å². The monoisotopic (exact) mass is 602 g/mol. The molecule has 0 bridgehead atoms. The number of carbonyl (C=O) groups is 3. The van der Waals surface area contributed by atoms with Crippen molar-refractivity contribution in [3.05, 3.63) is 106 Å². The van der Waals surface area contributed by atoms with Crippen molar-refractivity contribution >= 4 is 52.7 Å². The number of halogens is 4. The number of aromatic nitrogens is 2. The Hall–Kier alpha value is -4.29. The summed E-state index contributed by atoms with van der Waals surface area (Å²) >= 11 is 7.54. The number of thioether (sulfide) groups is 1. The number of hydrogen-bond donors (Lipinski definition) is 3. The van der Waals surface area contributed by atoms with Gasteiger partial charge in [-0.25, -0.2) is 4.68 Å². The molecule has 0 unspecified atom stereocenters. The van der Waals surface area contributed by atoms with Crippen LogP contribution in [-0.4, -0.2) is 38.4 Å². The van der Waals surface area contributed by atoms with E-state index in [1.165, 1.54) is 59.0 Å². The summed E-state index contributed by atoms with van der Waals surface area (Å²) < 4.78 is 40.4. The smallest absolute Gasteiger partial charge is 0.416 e. The third-order valence-electron chi connectivity index (χ3n) is 5.66. The van der Waals surface area contributed by atoms with Crippen molar-refractivity contribution in [3.8, 4) is 5.69 Å². The summed E-state index contributed by atoms with van der Waals surface area (Å²) in [5, 5.41) is 18.4. The van der Waals surface area contributed by atoms with E-state index in [9.17, 15) is 27.6 Å². The summed E-state index contributed by atoms with van der Waals surface area (Å²) in [5.41, 5.74) is 0.702. The van der Waals surface area contributed by atoms with E-state index in [2.05, 4.69) is 15.7 Å². The second-order valence-electron chi connectivity index (χ2n) is 8.69. The molecule has 0 saturated carbocycles. The lowest BCUT2D eigenvalue weighted by Crippen LogP contribution is -2.18. The lowest BCUT2D eigenvalue weighted by atomic mass is 10.1. The molecule has 3 aromatic carbocycles. The van der Waals surface area contributed by atoms with Crippen LogP contribution in [0.1, 0.15) is 38.3 Å². The van der Waals surface area contributed by atoms with Crippen molar-refractivity contribution in [1.29, 1.82) is 0 Å². The number of rotatable bonds is 10. The van der Waals surface area contributed by atoms with E-state index in [1.54, 1.807) is 18.2 Å². The van der Waals surface area contributed by atoms with Gasteiger partial charge < -0.3 is 15.7 Å². The first-order valence-electron chi connectivity index (χ1n) is 12.0. The third kappa shape index (κ3) is 8.12. The normalized spacial score (nSPS) is 11.2. The molecule has 0 spiro atoms. The highest BCUT2D eigenvalue weighted by Crippen LogP contribution is 2.30. The third-order valence-corrected chi connectivity index (χ3v) is 6.93. The number of carboxylic acid groups (broad SMARTS) is 1. The summed E-state index contributed by atoms with van der Waals surface area (Å²) in [6.07, 6.45) is -3.08. The van der Waals surface area contributed by atoms with Crippen LogP contribution in [0, 0.1) is 0 Å². The molecule has 0 aliphatic rings. The molecule has 0 aliphatic heterocycles. The fraction of sp³-hybridized carbons (Fsp3) is 0.143. The Bertz CT molecular complexity index is 1590. The lowest BCUT2D eigenvalue weighted by molar-refractivity contribution is -0.138. The number of nitrogens with one attached hydrogen (secondary N) is 2. The number of alkyl halides is 3. The van der Waals surface area contributed by atoms with Crippen molar-refractivity contribution in [2.24, 2.45) is 0 Å². The standard InChI is InChI=1S/C28H22ClF3N4O4S/c29-20-7-8-23(33-26(39)18-4-1-3-17(13-18)16-41-12-10-25(37)38)22(15-20)27(40)34-24-9-11-36(35-24)21-6-2-5-19(14-21)28(30,31)32/h1-9,11,13-15H,10,12,16H2,(H,33,39)(H,37,38)(H,34,35,40). The topological polar surface area (TPSA) is 113 Å². The predicted molar refractivity (Wildman–Crippen MR) is 151 cm³/mol. The van der Waals surface area contributed by atoms with Gasteiger partial charge in [0.05, 0.1) is 28.9 Å². The number of nitrogens with zero attached hydrogens (tertiary/aromatic N) is 2. The van der Waals surface area contributed by atoms with Gasteiger partial charge in [-0.1, -0.05) is 29.8 Å². The molecule has 13 heteroatoms. The molecule has 0 aliphatic carbocycles. The Morgan fingerprint density at radius 1 is 0.951 bits per heavy atom. The quantitative estimate of drug-likeness (QED) is 0.173. The highest BCUT2D eigenvalue weighted by molar-refractivity contribution is 7.98.